The molecule has 142 valence electrons. The second-order valence-electron chi connectivity index (χ2n) is 8.09. The van der Waals surface area contributed by atoms with Crippen LogP contribution in [0.1, 0.15) is 65.5 Å². The van der Waals surface area contributed by atoms with Gasteiger partial charge in [-0.25, -0.2) is 0 Å². The lowest BCUT2D eigenvalue weighted by molar-refractivity contribution is 0.306. The largest absolute Gasteiger partial charge is 0.360 e. The Hall–Kier alpha value is -2.32. The number of hydrogen-bond donors (Lipinski definition) is 0. The molecular weight excluding hydrogens is 366 g/mol. The van der Waals surface area contributed by atoms with Gasteiger partial charge in [-0.3, -0.25) is 0 Å². The zero-order chi connectivity index (χ0) is 19.1. The number of hydrogen-bond acceptors (Lipinski definition) is 2. The fourth-order valence-corrected chi connectivity index (χ4v) is 5.08. The molecule has 28 heavy (non-hydrogen) atoms. The summed E-state index contributed by atoms with van der Waals surface area (Å²) in [6, 6.07) is 14.9. The molecule has 0 N–H and O–H groups in total. The lowest BCUT2D eigenvalue weighted by atomic mass is 9.76. The third-order valence-electron chi connectivity index (χ3n) is 6.52. The fraction of sp³-hybridized carbons (Fsp3) is 0.320. The zero-order valence-corrected chi connectivity index (χ0v) is 16.7. The molecule has 0 radical (unpaired) electrons. The Kier molecular flexibility index (Phi) is 4.60. The molecule has 1 fully saturated rings. The predicted octanol–water partition coefficient (Wildman–Crippen LogP) is 7.18. The van der Waals surface area contributed by atoms with Gasteiger partial charge in [0.15, 0.2) is 0 Å². The minimum absolute atomic E-state index is 0.494. The minimum atomic E-state index is 0.494. The molecule has 2 aromatic carbocycles. The van der Waals surface area contributed by atoms with Gasteiger partial charge in [0, 0.05) is 22.1 Å². The van der Waals surface area contributed by atoms with Gasteiger partial charge in [-0.2, -0.15) is 0 Å². The standard InChI is InChI=1S/C25H24ClNO/c1-2-16-3-13-22-20(15-16)10-14-23-24(22)27-28-25(23)19-6-4-17(5-7-19)18-8-11-21(26)12-9-18/h2-3,8-9,11-13,15,17,19H,1,4-7,10,14H2. The molecular formula is C25H24ClNO. The summed E-state index contributed by atoms with van der Waals surface area (Å²) in [5.74, 6) is 2.27. The van der Waals surface area contributed by atoms with Crippen molar-refractivity contribution in [2.45, 2.75) is 50.4 Å². The van der Waals surface area contributed by atoms with Gasteiger partial charge in [-0.1, -0.05) is 59.7 Å². The Morgan fingerprint density at radius 3 is 2.46 bits per heavy atom. The molecule has 0 saturated heterocycles. The van der Waals surface area contributed by atoms with Crippen molar-refractivity contribution in [1.29, 1.82) is 0 Å². The second kappa shape index (κ2) is 7.25. The number of aromatic nitrogens is 1. The molecule has 0 bridgehead atoms. The number of rotatable bonds is 3. The molecule has 3 aromatic rings. The van der Waals surface area contributed by atoms with Gasteiger partial charge in [0.2, 0.25) is 0 Å². The lowest BCUT2D eigenvalue weighted by Gasteiger charge is -2.28. The number of nitrogens with zero attached hydrogens (tertiary/aromatic N) is 1. The Labute approximate surface area is 171 Å². The number of fused-ring (bicyclic) bond motifs is 3. The van der Waals surface area contributed by atoms with Crippen molar-refractivity contribution in [3.8, 4) is 11.3 Å². The summed E-state index contributed by atoms with van der Waals surface area (Å²) in [4.78, 5) is 0. The van der Waals surface area contributed by atoms with E-state index in [0.29, 0.717) is 11.8 Å². The molecule has 0 amide bonds. The molecule has 0 unspecified atom stereocenters. The summed E-state index contributed by atoms with van der Waals surface area (Å²) < 4.78 is 5.94. The number of halogens is 1. The van der Waals surface area contributed by atoms with Crippen molar-refractivity contribution in [3.05, 3.63) is 82.1 Å². The highest BCUT2D eigenvalue weighted by molar-refractivity contribution is 6.30. The van der Waals surface area contributed by atoms with E-state index in [1.807, 2.05) is 18.2 Å². The molecule has 2 nitrogen and oxygen atoms in total. The Morgan fingerprint density at radius 1 is 0.964 bits per heavy atom. The predicted molar refractivity (Wildman–Crippen MR) is 115 cm³/mol. The van der Waals surface area contributed by atoms with E-state index in [2.05, 4.69) is 42.1 Å². The van der Waals surface area contributed by atoms with Gasteiger partial charge < -0.3 is 4.52 Å². The number of aryl methyl sites for hydroxylation is 1. The number of benzene rings is 2. The lowest BCUT2D eigenvalue weighted by Crippen LogP contribution is -2.14. The normalized spacial score (nSPS) is 21.0. The van der Waals surface area contributed by atoms with Crippen LogP contribution in [0.3, 0.4) is 0 Å². The first-order chi connectivity index (χ1) is 13.7. The van der Waals surface area contributed by atoms with Crippen LogP contribution in [0.4, 0.5) is 0 Å². The van der Waals surface area contributed by atoms with Crippen LogP contribution in [0, 0.1) is 0 Å². The highest BCUT2D eigenvalue weighted by Crippen LogP contribution is 2.44. The van der Waals surface area contributed by atoms with Crippen molar-refractivity contribution >= 4 is 17.7 Å². The Balaban J connectivity index is 1.36. The van der Waals surface area contributed by atoms with Crippen molar-refractivity contribution in [2.24, 2.45) is 0 Å². The highest BCUT2D eigenvalue weighted by atomic mass is 35.5. The van der Waals surface area contributed by atoms with Crippen LogP contribution in [-0.4, -0.2) is 5.16 Å². The van der Waals surface area contributed by atoms with Gasteiger partial charge in [0.25, 0.3) is 0 Å². The molecule has 0 aliphatic heterocycles. The zero-order valence-electron chi connectivity index (χ0n) is 16.0. The van der Waals surface area contributed by atoms with E-state index in [9.17, 15) is 0 Å². The van der Waals surface area contributed by atoms with E-state index in [1.54, 1.807) is 0 Å². The van der Waals surface area contributed by atoms with E-state index in [0.717, 1.165) is 42.2 Å². The molecule has 0 atom stereocenters. The van der Waals surface area contributed by atoms with Crippen LogP contribution < -0.4 is 0 Å². The maximum Gasteiger partial charge on any atom is 0.143 e. The average molecular weight is 390 g/mol. The Bertz CT molecular complexity index is 1010. The fourth-order valence-electron chi connectivity index (χ4n) is 4.96. The van der Waals surface area contributed by atoms with Gasteiger partial charge in [-0.15, -0.1) is 0 Å². The second-order valence-corrected chi connectivity index (χ2v) is 8.53. The molecule has 3 heteroatoms. The first-order valence-electron chi connectivity index (χ1n) is 10.2. The molecule has 2 aliphatic rings. The van der Waals surface area contributed by atoms with E-state index < -0.39 is 0 Å². The molecule has 1 aromatic heterocycles. The molecule has 2 aliphatic carbocycles. The van der Waals surface area contributed by atoms with E-state index in [4.69, 9.17) is 16.1 Å². The topological polar surface area (TPSA) is 26.0 Å². The highest BCUT2D eigenvalue weighted by Gasteiger charge is 2.31. The van der Waals surface area contributed by atoms with Gasteiger partial charge in [0.1, 0.15) is 11.5 Å². The maximum atomic E-state index is 6.04. The van der Waals surface area contributed by atoms with E-state index in [-0.39, 0.29) is 0 Å². The van der Waals surface area contributed by atoms with Crippen molar-refractivity contribution < 1.29 is 4.52 Å². The first-order valence-corrected chi connectivity index (χ1v) is 10.6. The van der Waals surface area contributed by atoms with Crippen LogP contribution in [0.25, 0.3) is 17.3 Å². The van der Waals surface area contributed by atoms with Crippen LogP contribution in [0.15, 0.2) is 53.6 Å². The van der Waals surface area contributed by atoms with Crippen molar-refractivity contribution in [1.82, 2.24) is 5.16 Å². The van der Waals surface area contributed by atoms with E-state index >= 15 is 0 Å². The smallest absolute Gasteiger partial charge is 0.143 e. The molecule has 0 spiro atoms. The third kappa shape index (κ3) is 3.10. The van der Waals surface area contributed by atoms with Gasteiger partial charge in [0.05, 0.1) is 0 Å². The van der Waals surface area contributed by atoms with E-state index in [1.165, 1.54) is 40.7 Å². The summed E-state index contributed by atoms with van der Waals surface area (Å²) in [6.45, 7) is 3.88. The van der Waals surface area contributed by atoms with Crippen molar-refractivity contribution in [3.63, 3.8) is 0 Å². The summed E-state index contributed by atoms with van der Waals surface area (Å²) >= 11 is 6.04. The summed E-state index contributed by atoms with van der Waals surface area (Å²) in [5.41, 5.74) is 7.58. The summed E-state index contributed by atoms with van der Waals surface area (Å²) in [7, 11) is 0. The SMILES string of the molecule is C=Cc1ccc2c(c1)CCc1c-2noc1C1CCC(c2ccc(Cl)cc2)CC1. The molecule has 5 rings (SSSR count). The monoisotopic (exact) mass is 389 g/mol. The first kappa shape index (κ1) is 17.8. The summed E-state index contributed by atoms with van der Waals surface area (Å²) in [5, 5.41) is 5.31. The minimum Gasteiger partial charge on any atom is -0.360 e. The Morgan fingerprint density at radius 2 is 1.71 bits per heavy atom. The van der Waals surface area contributed by atoms with Crippen LogP contribution >= 0.6 is 11.6 Å². The molecule has 1 saturated carbocycles. The van der Waals surface area contributed by atoms with Crippen LogP contribution in [0.5, 0.6) is 0 Å². The average Bonchev–Trinajstić information content (AvgIpc) is 3.18. The van der Waals surface area contributed by atoms with Crippen LogP contribution in [0.2, 0.25) is 5.02 Å². The third-order valence-corrected chi connectivity index (χ3v) is 6.77. The quantitative estimate of drug-likeness (QED) is 0.474. The summed E-state index contributed by atoms with van der Waals surface area (Å²) in [6.07, 6.45) is 8.71. The van der Waals surface area contributed by atoms with Gasteiger partial charge >= 0.3 is 0 Å². The van der Waals surface area contributed by atoms with Crippen molar-refractivity contribution in [2.75, 3.05) is 0 Å². The van der Waals surface area contributed by atoms with Gasteiger partial charge in [-0.05, 0) is 73.3 Å². The van der Waals surface area contributed by atoms with Crippen LogP contribution in [-0.2, 0) is 12.8 Å². The molecule has 1 heterocycles. The maximum absolute atomic E-state index is 6.04.